The summed E-state index contributed by atoms with van der Waals surface area (Å²) in [6, 6.07) is 4.41. The van der Waals surface area contributed by atoms with Crippen LogP contribution in [0.2, 0.25) is 0 Å². The number of aryl methyl sites for hydroxylation is 1. The predicted molar refractivity (Wildman–Crippen MR) is 52.8 cm³/mol. The van der Waals surface area contributed by atoms with Crippen LogP contribution in [-0.4, -0.2) is 10.1 Å². The molecule has 2 rings (SSSR count). The fourth-order valence-electron chi connectivity index (χ4n) is 1.45. The number of aromatic hydroxyl groups is 1. The van der Waals surface area contributed by atoms with E-state index in [0.29, 0.717) is 22.0 Å². The number of fused-ring (bicyclic) bond motifs is 1. The van der Waals surface area contributed by atoms with Crippen LogP contribution in [0.1, 0.15) is 11.1 Å². The van der Waals surface area contributed by atoms with Crippen molar-refractivity contribution < 1.29 is 9.50 Å². The first-order valence-electron chi connectivity index (χ1n) is 4.31. The third kappa shape index (κ3) is 1.38. The van der Waals surface area contributed by atoms with Crippen LogP contribution in [0.15, 0.2) is 18.3 Å². The molecule has 4 heteroatoms. The Hall–Kier alpha value is -2.15. The Labute approximate surface area is 85.4 Å². The monoisotopic (exact) mass is 202 g/mol. The largest absolute Gasteiger partial charge is 0.505 e. The average Bonchev–Trinajstić information content (AvgIpc) is 2.22. The number of phenolic OH excluding ortho intramolecular Hbond substituents is 1. The third-order valence-corrected chi connectivity index (χ3v) is 2.33. The first-order valence-corrected chi connectivity index (χ1v) is 4.31. The number of aromatic nitrogens is 1. The maximum Gasteiger partial charge on any atom is 0.165 e. The summed E-state index contributed by atoms with van der Waals surface area (Å²) in [6.45, 7) is 1.72. The van der Waals surface area contributed by atoms with E-state index in [1.54, 1.807) is 6.92 Å². The maximum absolute atomic E-state index is 13.1. The molecule has 0 saturated carbocycles. The molecule has 0 fully saturated rings. The van der Waals surface area contributed by atoms with Gasteiger partial charge in [-0.05, 0) is 18.6 Å². The molecule has 74 valence electrons. The molecular formula is C11H7FN2O. The summed E-state index contributed by atoms with van der Waals surface area (Å²) in [7, 11) is 0. The van der Waals surface area contributed by atoms with Crippen molar-refractivity contribution in [3.63, 3.8) is 0 Å². The van der Waals surface area contributed by atoms with Gasteiger partial charge in [-0.3, -0.25) is 4.98 Å². The molecule has 1 aromatic heterocycles. The van der Waals surface area contributed by atoms with E-state index in [1.807, 2.05) is 6.07 Å². The molecule has 0 aliphatic heterocycles. The number of halogens is 1. The number of phenols is 1. The normalized spacial score (nSPS) is 10.2. The zero-order valence-electron chi connectivity index (χ0n) is 7.95. The van der Waals surface area contributed by atoms with Crippen molar-refractivity contribution in [2.75, 3.05) is 0 Å². The van der Waals surface area contributed by atoms with Crippen LogP contribution in [-0.2, 0) is 0 Å². The maximum atomic E-state index is 13.1. The van der Waals surface area contributed by atoms with E-state index in [1.165, 1.54) is 18.3 Å². The van der Waals surface area contributed by atoms with Gasteiger partial charge in [0.05, 0.1) is 11.1 Å². The highest BCUT2D eigenvalue weighted by Gasteiger charge is 2.08. The van der Waals surface area contributed by atoms with Gasteiger partial charge in [-0.1, -0.05) is 0 Å². The van der Waals surface area contributed by atoms with E-state index < -0.39 is 11.6 Å². The van der Waals surface area contributed by atoms with Gasteiger partial charge in [0, 0.05) is 17.6 Å². The molecule has 0 bridgehead atoms. The van der Waals surface area contributed by atoms with Gasteiger partial charge in [0.25, 0.3) is 0 Å². The predicted octanol–water partition coefficient (Wildman–Crippen LogP) is 2.26. The van der Waals surface area contributed by atoms with E-state index in [0.717, 1.165) is 0 Å². The Morgan fingerprint density at radius 1 is 1.47 bits per heavy atom. The van der Waals surface area contributed by atoms with Crippen molar-refractivity contribution in [2.45, 2.75) is 6.92 Å². The summed E-state index contributed by atoms with van der Waals surface area (Å²) < 4.78 is 13.1. The molecule has 0 aliphatic rings. The summed E-state index contributed by atoms with van der Waals surface area (Å²) >= 11 is 0. The summed E-state index contributed by atoms with van der Waals surface area (Å²) in [5.74, 6) is -1.14. The van der Waals surface area contributed by atoms with Gasteiger partial charge >= 0.3 is 0 Å². The van der Waals surface area contributed by atoms with Gasteiger partial charge < -0.3 is 5.11 Å². The van der Waals surface area contributed by atoms with Crippen molar-refractivity contribution in [3.05, 3.63) is 35.3 Å². The average molecular weight is 202 g/mol. The Bertz CT molecular complexity index is 587. The zero-order chi connectivity index (χ0) is 11.0. The first-order chi connectivity index (χ1) is 7.13. The van der Waals surface area contributed by atoms with Gasteiger partial charge in [-0.15, -0.1) is 0 Å². The van der Waals surface area contributed by atoms with Crippen LogP contribution in [0, 0.1) is 24.1 Å². The molecule has 0 radical (unpaired) electrons. The molecule has 3 nitrogen and oxygen atoms in total. The lowest BCUT2D eigenvalue weighted by molar-refractivity contribution is 0.433. The minimum absolute atomic E-state index is 0.410. The highest BCUT2D eigenvalue weighted by atomic mass is 19.1. The summed E-state index contributed by atoms with van der Waals surface area (Å²) in [5, 5.41) is 18.5. The first kappa shape index (κ1) is 9.41. The molecule has 0 saturated heterocycles. The van der Waals surface area contributed by atoms with Crippen LogP contribution < -0.4 is 0 Å². The molecule has 0 aliphatic carbocycles. The molecule has 0 unspecified atom stereocenters. The van der Waals surface area contributed by atoms with Crippen LogP contribution in [0.25, 0.3) is 10.9 Å². The molecule has 0 spiro atoms. The van der Waals surface area contributed by atoms with Crippen LogP contribution in [0.3, 0.4) is 0 Å². The minimum atomic E-state index is -0.706. The van der Waals surface area contributed by atoms with Crippen molar-refractivity contribution >= 4 is 10.9 Å². The van der Waals surface area contributed by atoms with Gasteiger partial charge in [0.1, 0.15) is 6.07 Å². The van der Waals surface area contributed by atoms with Crippen molar-refractivity contribution in [3.8, 4) is 11.8 Å². The molecular weight excluding hydrogens is 195 g/mol. The number of hydrogen-bond donors (Lipinski definition) is 1. The third-order valence-electron chi connectivity index (χ3n) is 2.33. The standard InChI is InChI=1S/C11H7FN2O/c1-6-7(4-13)5-14-10-3-11(15)9(12)2-8(6)10/h2-3,5,15H,1H3. The lowest BCUT2D eigenvalue weighted by Crippen LogP contribution is -1.90. The Morgan fingerprint density at radius 2 is 2.20 bits per heavy atom. The SMILES string of the molecule is Cc1c(C#N)cnc2cc(O)c(F)cc12. The van der Waals surface area contributed by atoms with E-state index in [9.17, 15) is 4.39 Å². The second kappa shape index (κ2) is 3.21. The van der Waals surface area contributed by atoms with E-state index >= 15 is 0 Å². The lowest BCUT2D eigenvalue weighted by atomic mass is 10.1. The van der Waals surface area contributed by atoms with E-state index in [-0.39, 0.29) is 0 Å². The highest BCUT2D eigenvalue weighted by molar-refractivity contribution is 5.84. The van der Waals surface area contributed by atoms with Gasteiger partial charge in [0.2, 0.25) is 0 Å². The zero-order valence-corrected chi connectivity index (χ0v) is 7.95. The van der Waals surface area contributed by atoms with Crippen molar-refractivity contribution in [2.24, 2.45) is 0 Å². The quantitative estimate of drug-likeness (QED) is 0.712. The van der Waals surface area contributed by atoms with Crippen molar-refractivity contribution in [1.82, 2.24) is 4.98 Å². The molecule has 0 atom stereocenters. The molecule has 1 aromatic carbocycles. The smallest absolute Gasteiger partial charge is 0.165 e. The molecule has 1 heterocycles. The Kier molecular flexibility index (Phi) is 2.01. The summed E-state index contributed by atoms with van der Waals surface area (Å²) in [5.41, 5.74) is 1.55. The summed E-state index contributed by atoms with van der Waals surface area (Å²) in [4.78, 5) is 3.97. The van der Waals surface area contributed by atoms with Gasteiger partial charge in [-0.25, -0.2) is 4.39 Å². The number of rotatable bonds is 0. The molecule has 15 heavy (non-hydrogen) atoms. The van der Waals surface area contributed by atoms with Crippen molar-refractivity contribution in [1.29, 1.82) is 5.26 Å². The number of pyridine rings is 1. The van der Waals surface area contributed by atoms with Crippen LogP contribution >= 0.6 is 0 Å². The minimum Gasteiger partial charge on any atom is -0.505 e. The highest BCUT2D eigenvalue weighted by Crippen LogP contribution is 2.25. The molecule has 0 amide bonds. The number of hydrogen-bond acceptors (Lipinski definition) is 3. The van der Waals surface area contributed by atoms with E-state index in [2.05, 4.69) is 4.98 Å². The fraction of sp³-hybridized carbons (Fsp3) is 0.0909. The Morgan fingerprint density at radius 3 is 2.87 bits per heavy atom. The second-order valence-corrected chi connectivity index (χ2v) is 3.23. The number of nitrogens with zero attached hydrogens (tertiary/aromatic N) is 2. The molecule has 2 aromatic rings. The summed E-state index contributed by atoms with van der Waals surface area (Å²) in [6.07, 6.45) is 1.41. The number of nitriles is 1. The van der Waals surface area contributed by atoms with Crippen LogP contribution in [0.5, 0.6) is 5.75 Å². The van der Waals surface area contributed by atoms with E-state index in [4.69, 9.17) is 10.4 Å². The lowest BCUT2D eigenvalue weighted by Gasteiger charge is -2.04. The topological polar surface area (TPSA) is 56.9 Å². The van der Waals surface area contributed by atoms with Crippen LogP contribution in [0.4, 0.5) is 4.39 Å². The fourth-order valence-corrected chi connectivity index (χ4v) is 1.45. The molecule has 1 N–H and O–H groups in total. The Balaban J connectivity index is 2.89. The van der Waals surface area contributed by atoms with Gasteiger partial charge in [-0.2, -0.15) is 5.26 Å². The van der Waals surface area contributed by atoms with Gasteiger partial charge in [0.15, 0.2) is 11.6 Å². The number of benzene rings is 1. The second-order valence-electron chi connectivity index (χ2n) is 3.23.